The Kier molecular flexibility index (Phi) is 5.84. The quantitative estimate of drug-likeness (QED) is 0.742. The molecule has 3 N–H and O–H groups in total. The summed E-state index contributed by atoms with van der Waals surface area (Å²) >= 11 is 0. The van der Waals surface area contributed by atoms with E-state index < -0.39 is 0 Å². The van der Waals surface area contributed by atoms with Crippen LogP contribution in [0.15, 0.2) is 48.5 Å². The average molecular weight is 355 g/mol. The van der Waals surface area contributed by atoms with Crippen LogP contribution in [0, 0.1) is 0 Å². The van der Waals surface area contributed by atoms with E-state index >= 15 is 0 Å². The third-order valence-corrected chi connectivity index (χ3v) is 5.78. The topological polar surface area (TPSA) is 64.7 Å². The fraction of sp³-hybridized carbons (Fsp3) is 0.455. The Labute approximate surface area is 155 Å². The third-order valence-electron chi connectivity index (χ3n) is 5.78. The molecule has 3 rings (SSSR count). The summed E-state index contributed by atoms with van der Waals surface area (Å²) in [5.41, 5.74) is 8.92. The minimum atomic E-state index is -0.169. The maximum absolute atomic E-state index is 9.96. The van der Waals surface area contributed by atoms with E-state index in [-0.39, 0.29) is 17.6 Å². The molecule has 0 unspecified atom stereocenters. The van der Waals surface area contributed by atoms with Gasteiger partial charge in [-0.15, -0.1) is 0 Å². The number of aromatic hydroxyl groups is 1. The average Bonchev–Trinajstić information content (AvgIpc) is 2.67. The fourth-order valence-electron chi connectivity index (χ4n) is 4.23. The monoisotopic (exact) mass is 355 g/mol. The minimum absolute atomic E-state index is 0.0497. The highest BCUT2D eigenvalue weighted by Gasteiger charge is 2.45. The van der Waals surface area contributed by atoms with Crippen LogP contribution >= 0.6 is 0 Å². The molecule has 2 aromatic carbocycles. The van der Waals surface area contributed by atoms with Gasteiger partial charge in [-0.3, -0.25) is 0 Å². The lowest BCUT2D eigenvalue weighted by Crippen LogP contribution is -2.57. The van der Waals surface area contributed by atoms with E-state index in [4.69, 9.17) is 15.2 Å². The van der Waals surface area contributed by atoms with Crippen LogP contribution in [-0.4, -0.2) is 30.5 Å². The molecule has 2 atom stereocenters. The number of phenols is 1. The van der Waals surface area contributed by atoms with Gasteiger partial charge in [0.1, 0.15) is 18.1 Å². The van der Waals surface area contributed by atoms with Crippen molar-refractivity contribution >= 4 is 0 Å². The lowest BCUT2D eigenvalue weighted by atomic mass is 9.63. The summed E-state index contributed by atoms with van der Waals surface area (Å²) in [6.07, 6.45) is 2.55. The first-order valence-electron chi connectivity index (χ1n) is 9.48. The summed E-state index contributed by atoms with van der Waals surface area (Å²) in [6.45, 7) is 5.33. The molecule has 0 bridgehead atoms. The zero-order valence-electron chi connectivity index (χ0n) is 15.7. The lowest BCUT2D eigenvalue weighted by molar-refractivity contribution is -0.00710. The normalized spacial score (nSPS) is 21.2. The molecule has 0 saturated heterocycles. The molecule has 0 aliphatic heterocycles. The number of phenolic OH excluding ortho intramolecular Hbond substituents is 1. The van der Waals surface area contributed by atoms with Crippen molar-refractivity contribution in [3.8, 4) is 11.5 Å². The Hall–Kier alpha value is -2.04. The van der Waals surface area contributed by atoms with Gasteiger partial charge in [-0.05, 0) is 48.2 Å². The number of rotatable bonds is 7. The summed E-state index contributed by atoms with van der Waals surface area (Å²) in [7, 11) is 0. The van der Waals surface area contributed by atoms with Gasteiger partial charge in [-0.25, -0.2) is 0 Å². The van der Waals surface area contributed by atoms with Gasteiger partial charge in [0.25, 0.3) is 0 Å². The molecule has 2 aromatic rings. The van der Waals surface area contributed by atoms with Crippen molar-refractivity contribution in [1.82, 2.24) is 0 Å². The van der Waals surface area contributed by atoms with Crippen molar-refractivity contribution < 1.29 is 14.6 Å². The van der Waals surface area contributed by atoms with Crippen LogP contribution in [0.3, 0.4) is 0 Å². The third kappa shape index (κ3) is 3.57. The van der Waals surface area contributed by atoms with Crippen LogP contribution in [0.4, 0.5) is 0 Å². The molecule has 0 saturated carbocycles. The van der Waals surface area contributed by atoms with Crippen LogP contribution < -0.4 is 10.5 Å². The van der Waals surface area contributed by atoms with Gasteiger partial charge in [0, 0.05) is 17.9 Å². The molecule has 0 radical (unpaired) electrons. The predicted molar refractivity (Wildman–Crippen MR) is 104 cm³/mol. The Morgan fingerprint density at radius 1 is 1.08 bits per heavy atom. The van der Waals surface area contributed by atoms with E-state index in [0.717, 1.165) is 25.0 Å². The Bertz CT molecular complexity index is 713. The molecule has 0 aromatic heterocycles. The summed E-state index contributed by atoms with van der Waals surface area (Å²) < 4.78 is 11.9. The van der Waals surface area contributed by atoms with E-state index in [1.165, 1.54) is 11.1 Å². The van der Waals surface area contributed by atoms with E-state index in [1.54, 1.807) is 6.07 Å². The molecule has 0 amide bonds. The van der Waals surface area contributed by atoms with Crippen LogP contribution in [0.2, 0.25) is 0 Å². The summed E-state index contributed by atoms with van der Waals surface area (Å²) in [5, 5.41) is 9.96. The maximum Gasteiger partial charge on any atom is 0.119 e. The number of hydrogen-bond acceptors (Lipinski definition) is 4. The second-order valence-corrected chi connectivity index (χ2v) is 7.01. The smallest absolute Gasteiger partial charge is 0.119 e. The molecule has 0 heterocycles. The van der Waals surface area contributed by atoms with Gasteiger partial charge in [0.15, 0.2) is 0 Å². The zero-order chi connectivity index (χ0) is 18.6. The molecule has 4 heteroatoms. The first-order valence-corrected chi connectivity index (χ1v) is 9.48. The summed E-state index contributed by atoms with van der Waals surface area (Å²) in [5.74, 6) is 1.15. The second-order valence-electron chi connectivity index (χ2n) is 7.01. The first-order chi connectivity index (χ1) is 12.6. The zero-order valence-corrected chi connectivity index (χ0v) is 15.7. The first kappa shape index (κ1) is 18.7. The molecular formula is C22H29NO3. The highest BCUT2D eigenvalue weighted by molar-refractivity contribution is 5.44. The molecule has 140 valence electrons. The minimum Gasteiger partial charge on any atom is -0.508 e. The Morgan fingerprint density at radius 2 is 1.81 bits per heavy atom. The predicted octanol–water partition coefficient (Wildman–Crippen LogP) is 3.80. The fourth-order valence-corrected chi connectivity index (χ4v) is 4.23. The highest BCUT2D eigenvalue weighted by Crippen LogP contribution is 2.43. The highest BCUT2D eigenvalue weighted by atomic mass is 16.5. The van der Waals surface area contributed by atoms with Gasteiger partial charge in [0.05, 0.1) is 12.7 Å². The Morgan fingerprint density at radius 3 is 2.50 bits per heavy atom. The van der Waals surface area contributed by atoms with Gasteiger partial charge >= 0.3 is 0 Å². The van der Waals surface area contributed by atoms with Crippen molar-refractivity contribution in [1.29, 1.82) is 0 Å². The van der Waals surface area contributed by atoms with Crippen LogP contribution in [0.25, 0.3) is 0 Å². The van der Waals surface area contributed by atoms with E-state index in [2.05, 4.69) is 13.8 Å². The van der Waals surface area contributed by atoms with E-state index in [9.17, 15) is 5.11 Å². The van der Waals surface area contributed by atoms with E-state index in [1.807, 2.05) is 42.5 Å². The molecule has 4 nitrogen and oxygen atoms in total. The van der Waals surface area contributed by atoms with Gasteiger partial charge in [-0.2, -0.15) is 0 Å². The van der Waals surface area contributed by atoms with Crippen molar-refractivity contribution in [2.45, 2.75) is 50.7 Å². The maximum atomic E-state index is 9.96. The van der Waals surface area contributed by atoms with Crippen molar-refractivity contribution in [3.05, 3.63) is 59.7 Å². The van der Waals surface area contributed by atoms with Gasteiger partial charge in [-0.1, -0.05) is 38.1 Å². The number of fused-ring (bicyclic) bond motifs is 1. The number of para-hydroxylation sites is 1. The van der Waals surface area contributed by atoms with E-state index in [0.29, 0.717) is 19.0 Å². The molecule has 1 aliphatic carbocycles. The van der Waals surface area contributed by atoms with Gasteiger partial charge in [0.2, 0.25) is 0 Å². The van der Waals surface area contributed by atoms with Crippen molar-refractivity contribution in [3.63, 3.8) is 0 Å². The number of benzene rings is 2. The summed E-state index contributed by atoms with van der Waals surface area (Å²) in [6, 6.07) is 15.3. The standard InChI is InChI=1S/C22H29NO3/c1-3-22(4-2)19-15-17(24)11-10-16(19)14-20(21(22)23)26-13-12-25-18-8-6-5-7-9-18/h5-11,15,20-21,24H,3-4,12-14,23H2,1-2H3/t20-,21+/m0/s1. The Balaban J connectivity index is 1.70. The van der Waals surface area contributed by atoms with Crippen LogP contribution in [0.5, 0.6) is 11.5 Å². The van der Waals surface area contributed by atoms with Crippen molar-refractivity contribution in [2.75, 3.05) is 13.2 Å². The molecule has 0 spiro atoms. The lowest BCUT2D eigenvalue weighted by Gasteiger charge is -2.47. The van der Waals surface area contributed by atoms with Crippen LogP contribution in [0.1, 0.15) is 37.8 Å². The van der Waals surface area contributed by atoms with Crippen LogP contribution in [-0.2, 0) is 16.6 Å². The second kappa shape index (κ2) is 8.11. The van der Waals surface area contributed by atoms with Crippen molar-refractivity contribution in [2.24, 2.45) is 5.73 Å². The molecule has 1 aliphatic rings. The summed E-state index contributed by atoms with van der Waals surface area (Å²) in [4.78, 5) is 0. The van der Waals surface area contributed by atoms with Gasteiger partial charge < -0.3 is 20.3 Å². The number of hydrogen-bond donors (Lipinski definition) is 2. The molecule has 26 heavy (non-hydrogen) atoms. The molecular weight excluding hydrogens is 326 g/mol. The largest absolute Gasteiger partial charge is 0.508 e. The molecule has 0 fully saturated rings. The number of nitrogens with two attached hydrogens (primary N) is 1. The number of ether oxygens (including phenoxy) is 2. The SMILES string of the molecule is CCC1(CC)c2cc(O)ccc2C[C@H](OCCOc2ccccc2)[C@H]1N.